The summed E-state index contributed by atoms with van der Waals surface area (Å²) in [4.78, 5) is 33.9. The number of hydrogen-bond acceptors (Lipinski definition) is 7. The maximum absolute atomic E-state index is 12.0. The smallest absolute Gasteiger partial charge is 0.343 e. The molecular weight excluding hydrogens is 402 g/mol. The average molecular weight is 419 g/mol. The number of nitrogens with zero attached hydrogens (tertiary/aromatic N) is 2. The minimum Gasteiger partial charge on any atom is -0.484 e. The fourth-order valence-electron chi connectivity index (χ4n) is 2.39. The molecule has 0 aromatic heterocycles. The Kier molecular flexibility index (Phi) is 7.04. The third-order valence-electron chi connectivity index (χ3n) is 3.92. The largest absolute Gasteiger partial charge is 0.484 e. The number of nitro benzene ring substituents is 1. The Morgan fingerprint density at radius 1 is 0.935 bits per heavy atom. The molecule has 0 unspecified atom stereocenters. The van der Waals surface area contributed by atoms with Crippen LogP contribution in [0.2, 0.25) is 0 Å². The molecule has 9 heteroatoms. The Bertz CT molecular complexity index is 1080. The first kappa shape index (κ1) is 21.2. The molecule has 3 aromatic carbocycles. The highest BCUT2D eigenvalue weighted by molar-refractivity contribution is 5.91. The molecule has 1 N–H and O–H groups in total. The van der Waals surface area contributed by atoms with Crippen molar-refractivity contribution in [3.05, 3.63) is 100 Å². The molecule has 0 spiro atoms. The van der Waals surface area contributed by atoms with E-state index in [9.17, 15) is 19.7 Å². The predicted molar refractivity (Wildman–Crippen MR) is 112 cm³/mol. The third-order valence-corrected chi connectivity index (χ3v) is 3.92. The third kappa shape index (κ3) is 6.50. The lowest BCUT2D eigenvalue weighted by Crippen LogP contribution is -2.24. The van der Waals surface area contributed by atoms with Crippen LogP contribution in [0, 0.1) is 10.1 Å². The maximum Gasteiger partial charge on any atom is 0.343 e. The van der Waals surface area contributed by atoms with E-state index < -0.39 is 16.8 Å². The lowest BCUT2D eigenvalue weighted by atomic mass is 10.2. The van der Waals surface area contributed by atoms with Gasteiger partial charge in [-0.05, 0) is 54.1 Å². The minimum absolute atomic E-state index is 0.0674. The predicted octanol–water partition coefficient (Wildman–Crippen LogP) is 3.34. The number of hydrazone groups is 1. The molecule has 0 saturated carbocycles. The van der Waals surface area contributed by atoms with Crippen molar-refractivity contribution in [2.24, 2.45) is 5.10 Å². The van der Waals surface area contributed by atoms with Crippen LogP contribution < -0.4 is 14.9 Å². The quantitative estimate of drug-likeness (QED) is 0.197. The molecule has 0 saturated heterocycles. The van der Waals surface area contributed by atoms with Crippen molar-refractivity contribution in [1.82, 2.24) is 5.43 Å². The summed E-state index contributed by atoms with van der Waals surface area (Å²) in [5.74, 6) is -0.248. The van der Waals surface area contributed by atoms with Crippen LogP contribution in [0.5, 0.6) is 11.5 Å². The standard InChI is InChI=1S/C22H17N3O6/c26-21(15-30-19-12-8-18(9-13-19)25(28)29)24-23-14-16-6-10-20(11-7-16)31-22(27)17-4-2-1-3-5-17/h1-14H,15H2,(H,24,26)/b23-14+. The molecular formula is C22H17N3O6. The Labute approximate surface area is 177 Å². The van der Waals surface area contributed by atoms with Crippen molar-refractivity contribution in [2.45, 2.75) is 0 Å². The van der Waals surface area contributed by atoms with Crippen LogP contribution in [0.3, 0.4) is 0 Å². The Balaban J connectivity index is 1.44. The number of rotatable bonds is 8. The highest BCUT2D eigenvalue weighted by Crippen LogP contribution is 2.17. The molecule has 3 rings (SSSR count). The second kappa shape index (κ2) is 10.3. The zero-order valence-electron chi connectivity index (χ0n) is 16.1. The number of esters is 1. The molecule has 0 heterocycles. The molecule has 0 aliphatic heterocycles. The monoisotopic (exact) mass is 419 g/mol. The summed E-state index contributed by atoms with van der Waals surface area (Å²) in [6.07, 6.45) is 1.42. The van der Waals surface area contributed by atoms with Crippen molar-refractivity contribution in [3.8, 4) is 11.5 Å². The molecule has 9 nitrogen and oxygen atoms in total. The fraction of sp³-hybridized carbons (Fsp3) is 0.0455. The van der Waals surface area contributed by atoms with Gasteiger partial charge in [0.2, 0.25) is 0 Å². The van der Waals surface area contributed by atoms with Gasteiger partial charge in [0.15, 0.2) is 6.61 Å². The van der Waals surface area contributed by atoms with E-state index in [0.717, 1.165) is 0 Å². The summed E-state index contributed by atoms with van der Waals surface area (Å²) in [5, 5.41) is 14.4. The fourth-order valence-corrected chi connectivity index (χ4v) is 2.39. The van der Waals surface area contributed by atoms with E-state index >= 15 is 0 Å². The average Bonchev–Trinajstić information content (AvgIpc) is 2.79. The molecule has 0 radical (unpaired) electrons. The van der Waals surface area contributed by atoms with Crippen LogP contribution in [0.15, 0.2) is 84.0 Å². The van der Waals surface area contributed by atoms with Gasteiger partial charge >= 0.3 is 5.97 Å². The zero-order chi connectivity index (χ0) is 22.1. The van der Waals surface area contributed by atoms with Crippen molar-refractivity contribution >= 4 is 23.8 Å². The first-order valence-electron chi connectivity index (χ1n) is 9.08. The molecule has 31 heavy (non-hydrogen) atoms. The lowest BCUT2D eigenvalue weighted by molar-refractivity contribution is -0.384. The highest BCUT2D eigenvalue weighted by atomic mass is 16.6. The zero-order valence-corrected chi connectivity index (χ0v) is 16.1. The van der Waals surface area contributed by atoms with Gasteiger partial charge in [0.25, 0.3) is 11.6 Å². The number of nitro groups is 1. The second-order valence-corrected chi connectivity index (χ2v) is 6.16. The maximum atomic E-state index is 12.0. The van der Waals surface area contributed by atoms with Gasteiger partial charge in [0, 0.05) is 12.1 Å². The van der Waals surface area contributed by atoms with Crippen molar-refractivity contribution < 1.29 is 24.0 Å². The van der Waals surface area contributed by atoms with Gasteiger partial charge in [-0.1, -0.05) is 18.2 Å². The summed E-state index contributed by atoms with van der Waals surface area (Å²) in [6, 6.07) is 20.6. The van der Waals surface area contributed by atoms with Crippen LogP contribution in [-0.2, 0) is 4.79 Å². The van der Waals surface area contributed by atoms with Crippen LogP contribution in [0.25, 0.3) is 0 Å². The summed E-state index contributed by atoms with van der Waals surface area (Å²) in [7, 11) is 0. The van der Waals surface area contributed by atoms with Gasteiger partial charge in [0.05, 0.1) is 16.7 Å². The number of nitrogens with one attached hydrogen (secondary N) is 1. The van der Waals surface area contributed by atoms with E-state index in [2.05, 4.69) is 10.5 Å². The van der Waals surface area contributed by atoms with Crippen molar-refractivity contribution in [2.75, 3.05) is 6.61 Å². The molecule has 3 aromatic rings. The summed E-state index contributed by atoms with van der Waals surface area (Å²) in [6.45, 7) is -0.302. The topological polar surface area (TPSA) is 120 Å². The van der Waals surface area contributed by atoms with Gasteiger partial charge in [-0.25, -0.2) is 10.2 Å². The number of benzene rings is 3. The SMILES string of the molecule is O=C(COc1ccc([N+](=O)[O-])cc1)N/N=C/c1ccc(OC(=O)c2ccccc2)cc1. The summed E-state index contributed by atoms with van der Waals surface area (Å²) in [5.41, 5.74) is 3.37. The van der Waals surface area contributed by atoms with Gasteiger partial charge in [0.1, 0.15) is 11.5 Å². The van der Waals surface area contributed by atoms with Crippen LogP contribution >= 0.6 is 0 Å². The molecule has 0 atom stereocenters. The van der Waals surface area contributed by atoms with Crippen LogP contribution in [0.4, 0.5) is 5.69 Å². The van der Waals surface area contributed by atoms with Crippen molar-refractivity contribution in [1.29, 1.82) is 0 Å². The second-order valence-electron chi connectivity index (χ2n) is 6.16. The number of carbonyl (C=O) groups is 2. The van der Waals surface area contributed by atoms with E-state index in [4.69, 9.17) is 9.47 Å². The molecule has 156 valence electrons. The molecule has 0 bridgehead atoms. The Morgan fingerprint density at radius 2 is 1.58 bits per heavy atom. The van der Waals surface area contributed by atoms with Crippen LogP contribution in [0.1, 0.15) is 15.9 Å². The summed E-state index contributed by atoms with van der Waals surface area (Å²) >= 11 is 0. The number of hydrogen-bond donors (Lipinski definition) is 1. The molecule has 0 fully saturated rings. The molecule has 1 amide bonds. The van der Waals surface area contributed by atoms with E-state index in [0.29, 0.717) is 22.6 Å². The number of ether oxygens (including phenoxy) is 2. The minimum atomic E-state index is -0.523. The normalized spacial score (nSPS) is 10.5. The Hall–Kier alpha value is -4.53. The van der Waals surface area contributed by atoms with Gasteiger partial charge in [-0.3, -0.25) is 14.9 Å². The van der Waals surface area contributed by atoms with E-state index in [-0.39, 0.29) is 12.3 Å². The van der Waals surface area contributed by atoms with Gasteiger partial charge in [-0.2, -0.15) is 5.10 Å². The molecule has 0 aliphatic rings. The highest BCUT2D eigenvalue weighted by Gasteiger charge is 2.08. The van der Waals surface area contributed by atoms with E-state index in [1.165, 1.54) is 30.5 Å². The Morgan fingerprint density at radius 3 is 2.23 bits per heavy atom. The molecule has 0 aliphatic carbocycles. The van der Waals surface area contributed by atoms with Crippen LogP contribution in [-0.4, -0.2) is 29.6 Å². The first-order chi connectivity index (χ1) is 15.0. The van der Waals surface area contributed by atoms with Gasteiger partial charge in [-0.15, -0.1) is 0 Å². The number of amides is 1. The van der Waals surface area contributed by atoms with Crippen molar-refractivity contribution in [3.63, 3.8) is 0 Å². The summed E-state index contributed by atoms with van der Waals surface area (Å²) < 4.78 is 10.5. The van der Waals surface area contributed by atoms with Gasteiger partial charge < -0.3 is 9.47 Å². The van der Waals surface area contributed by atoms with E-state index in [1.54, 1.807) is 48.5 Å². The number of carbonyl (C=O) groups excluding carboxylic acids is 2. The first-order valence-corrected chi connectivity index (χ1v) is 9.08. The van der Waals surface area contributed by atoms with E-state index in [1.807, 2.05) is 6.07 Å². The number of non-ortho nitro benzene ring substituents is 1. The lowest BCUT2D eigenvalue weighted by Gasteiger charge is -2.05.